The highest BCUT2D eigenvalue weighted by molar-refractivity contribution is 9.10. The summed E-state index contributed by atoms with van der Waals surface area (Å²) in [5.74, 6) is 0.797. The highest BCUT2D eigenvalue weighted by Crippen LogP contribution is 2.31. The van der Waals surface area contributed by atoms with Gasteiger partial charge >= 0.3 is 0 Å². The molecule has 94 valence electrons. The maximum absolute atomic E-state index is 3.77. The predicted molar refractivity (Wildman–Crippen MR) is 78.7 cm³/mol. The minimum Gasteiger partial charge on any atom is -0.382 e. The molecule has 0 heterocycles. The zero-order chi connectivity index (χ0) is 12.4. The van der Waals surface area contributed by atoms with Crippen LogP contribution in [0.4, 0.5) is 5.69 Å². The Bertz CT molecular complexity index is 377. The Morgan fingerprint density at radius 1 is 1.12 bits per heavy atom. The quantitative estimate of drug-likeness (QED) is 0.804. The first-order valence-corrected chi connectivity index (χ1v) is 7.40. The third-order valence-corrected chi connectivity index (χ3v) is 4.40. The molecule has 1 aromatic rings. The van der Waals surface area contributed by atoms with E-state index in [1.54, 1.807) is 0 Å². The number of nitrogens with one attached hydrogen (secondary N) is 1. The van der Waals surface area contributed by atoms with E-state index in [1.165, 1.54) is 47.0 Å². The molecular weight excluding hydrogens is 274 g/mol. The van der Waals surface area contributed by atoms with Crippen LogP contribution < -0.4 is 5.32 Å². The maximum atomic E-state index is 3.77. The van der Waals surface area contributed by atoms with Gasteiger partial charge in [0.2, 0.25) is 0 Å². The molecular formula is C15H22BrN. The first kappa shape index (κ1) is 12.9. The summed E-state index contributed by atoms with van der Waals surface area (Å²) in [4.78, 5) is 0. The lowest BCUT2D eigenvalue weighted by molar-refractivity contribution is 0.349. The van der Waals surface area contributed by atoms with Crippen molar-refractivity contribution in [2.45, 2.75) is 52.5 Å². The molecule has 0 amide bonds. The number of aryl methyl sites for hydroxylation is 2. The van der Waals surface area contributed by atoms with Crippen LogP contribution in [0.1, 0.15) is 43.7 Å². The van der Waals surface area contributed by atoms with Crippen molar-refractivity contribution in [2.24, 2.45) is 5.92 Å². The van der Waals surface area contributed by atoms with Crippen LogP contribution in [0.25, 0.3) is 0 Å². The van der Waals surface area contributed by atoms with Gasteiger partial charge in [0.25, 0.3) is 0 Å². The van der Waals surface area contributed by atoms with Gasteiger partial charge in [0, 0.05) is 16.2 Å². The van der Waals surface area contributed by atoms with Gasteiger partial charge in [-0.05, 0) is 55.9 Å². The molecule has 1 N–H and O–H groups in total. The van der Waals surface area contributed by atoms with Gasteiger partial charge in [-0.2, -0.15) is 0 Å². The summed E-state index contributed by atoms with van der Waals surface area (Å²) >= 11 is 3.56. The van der Waals surface area contributed by atoms with Crippen molar-refractivity contribution >= 4 is 21.6 Å². The van der Waals surface area contributed by atoms with Gasteiger partial charge in [-0.15, -0.1) is 0 Å². The molecule has 1 saturated carbocycles. The highest BCUT2D eigenvalue weighted by atomic mass is 79.9. The van der Waals surface area contributed by atoms with Crippen molar-refractivity contribution in [3.8, 4) is 0 Å². The molecule has 1 aromatic carbocycles. The third kappa shape index (κ3) is 3.04. The SMILES string of the molecule is Cc1cc(Br)cc(C)c1NC1CCCCC1C. The van der Waals surface area contributed by atoms with Crippen LogP contribution in [0.3, 0.4) is 0 Å². The molecule has 1 aliphatic carbocycles. The molecule has 2 heteroatoms. The van der Waals surface area contributed by atoms with Gasteiger partial charge in [0.05, 0.1) is 0 Å². The standard InChI is InChI=1S/C15H22BrN/c1-10-6-4-5-7-14(10)17-15-11(2)8-13(16)9-12(15)3/h8-10,14,17H,4-7H2,1-3H3. The average molecular weight is 296 g/mol. The van der Waals surface area contributed by atoms with E-state index in [2.05, 4.69) is 54.2 Å². The molecule has 17 heavy (non-hydrogen) atoms. The van der Waals surface area contributed by atoms with Crippen LogP contribution in [0.2, 0.25) is 0 Å². The van der Waals surface area contributed by atoms with E-state index in [-0.39, 0.29) is 0 Å². The fourth-order valence-electron chi connectivity index (χ4n) is 2.85. The first-order chi connectivity index (χ1) is 8.08. The lowest BCUT2D eigenvalue weighted by Gasteiger charge is -2.31. The summed E-state index contributed by atoms with van der Waals surface area (Å²) in [6.45, 7) is 6.75. The molecule has 2 unspecified atom stereocenters. The van der Waals surface area contributed by atoms with Gasteiger partial charge in [-0.1, -0.05) is 35.7 Å². The molecule has 1 aliphatic rings. The van der Waals surface area contributed by atoms with Crippen molar-refractivity contribution in [3.05, 3.63) is 27.7 Å². The molecule has 0 saturated heterocycles. The van der Waals surface area contributed by atoms with Crippen LogP contribution in [0.15, 0.2) is 16.6 Å². The zero-order valence-corrected chi connectivity index (χ0v) is 12.6. The maximum Gasteiger partial charge on any atom is 0.0402 e. The van der Waals surface area contributed by atoms with Gasteiger partial charge in [0.15, 0.2) is 0 Å². The first-order valence-electron chi connectivity index (χ1n) is 6.61. The summed E-state index contributed by atoms with van der Waals surface area (Å²) in [5, 5.41) is 3.77. The van der Waals surface area contributed by atoms with E-state index >= 15 is 0 Å². The van der Waals surface area contributed by atoms with Crippen LogP contribution in [0, 0.1) is 19.8 Å². The third-order valence-electron chi connectivity index (χ3n) is 3.94. The number of hydrogen-bond acceptors (Lipinski definition) is 1. The van der Waals surface area contributed by atoms with E-state index < -0.39 is 0 Å². The van der Waals surface area contributed by atoms with Gasteiger partial charge < -0.3 is 5.32 Å². The van der Waals surface area contributed by atoms with Crippen molar-refractivity contribution in [1.82, 2.24) is 0 Å². The Labute approximate surface area is 113 Å². The summed E-state index contributed by atoms with van der Waals surface area (Å²) < 4.78 is 1.18. The van der Waals surface area contributed by atoms with E-state index in [0.717, 1.165) is 5.92 Å². The molecule has 1 fully saturated rings. The minimum absolute atomic E-state index is 0.655. The van der Waals surface area contributed by atoms with Crippen LogP contribution >= 0.6 is 15.9 Å². The molecule has 0 spiro atoms. The highest BCUT2D eigenvalue weighted by Gasteiger charge is 2.21. The van der Waals surface area contributed by atoms with Crippen molar-refractivity contribution in [1.29, 1.82) is 0 Å². The van der Waals surface area contributed by atoms with Crippen LogP contribution in [-0.2, 0) is 0 Å². The molecule has 2 atom stereocenters. The van der Waals surface area contributed by atoms with E-state index in [4.69, 9.17) is 0 Å². The predicted octanol–water partition coefficient (Wildman–Crippen LogP) is 5.06. The number of anilines is 1. The number of halogens is 1. The van der Waals surface area contributed by atoms with Gasteiger partial charge in [-0.3, -0.25) is 0 Å². The fourth-order valence-corrected chi connectivity index (χ4v) is 3.54. The second-order valence-electron chi connectivity index (χ2n) is 5.43. The normalized spacial score (nSPS) is 24.7. The molecule has 0 aliphatic heterocycles. The molecule has 1 nitrogen and oxygen atoms in total. The number of rotatable bonds is 2. The Morgan fingerprint density at radius 3 is 2.29 bits per heavy atom. The number of hydrogen-bond donors (Lipinski definition) is 1. The zero-order valence-electron chi connectivity index (χ0n) is 11.0. The summed E-state index contributed by atoms with van der Waals surface area (Å²) in [6.07, 6.45) is 5.46. The molecule has 0 aromatic heterocycles. The Kier molecular flexibility index (Phi) is 4.13. The number of benzene rings is 1. The average Bonchev–Trinajstić information content (AvgIpc) is 2.25. The van der Waals surface area contributed by atoms with E-state index in [1.807, 2.05) is 0 Å². The Balaban J connectivity index is 2.17. The fraction of sp³-hybridized carbons (Fsp3) is 0.600. The molecule has 0 bridgehead atoms. The molecule has 0 radical (unpaired) electrons. The summed E-state index contributed by atoms with van der Waals surface area (Å²) in [7, 11) is 0. The van der Waals surface area contributed by atoms with E-state index in [9.17, 15) is 0 Å². The van der Waals surface area contributed by atoms with Crippen molar-refractivity contribution in [2.75, 3.05) is 5.32 Å². The Morgan fingerprint density at radius 2 is 1.71 bits per heavy atom. The Hall–Kier alpha value is -0.500. The largest absolute Gasteiger partial charge is 0.382 e. The summed E-state index contributed by atoms with van der Waals surface area (Å²) in [6, 6.07) is 5.05. The lowest BCUT2D eigenvalue weighted by Crippen LogP contribution is -2.30. The second kappa shape index (κ2) is 5.43. The molecule has 2 rings (SSSR count). The minimum atomic E-state index is 0.655. The van der Waals surface area contributed by atoms with Crippen molar-refractivity contribution in [3.63, 3.8) is 0 Å². The van der Waals surface area contributed by atoms with Gasteiger partial charge in [-0.25, -0.2) is 0 Å². The lowest BCUT2D eigenvalue weighted by atomic mass is 9.85. The topological polar surface area (TPSA) is 12.0 Å². The van der Waals surface area contributed by atoms with Crippen molar-refractivity contribution < 1.29 is 0 Å². The van der Waals surface area contributed by atoms with E-state index in [0.29, 0.717) is 6.04 Å². The second-order valence-corrected chi connectivity index (χ2v) is 6.34. The summed E-state index contributed by atoms with van der Waals surface area (Å²) in [5.41, 5.74) is 4.02. The van der Waals surface area contributed by atoms with Crippen LogP contribution in [0.5, 0.6) is 0 Å². The smallest absolute Gasteiger partial charge is 0.0402 e. The monoisotopic (exact) mass is 295 g/mol. The van der Waals surface area contributed by atoms with Gasteiger partial charge in [0.1, 0.15) is 0 Å². The van der Waals surface area contributed by atoms with Crippen LogP contribution in [-0.4, -0.2) is 6.04 Å².